The number of azo groups is 1. The minimum Gasteiger partial charge on any atom is -1.00 e. The maximum Gasteiger partial charge on any atom is 0.230 e. The standard InChI is InChI=1S/C18H22N7.ClH/c1-5-17(20-19-14-10-12-23(2)13-11-14)21-22-18-24(3)15-8-6-7-9-16(15)25(18)4;/h6-13H,5H2,1-4H3;1H/q+1;/p-1. The molecule has 0 amide bonds. The molecule has 26 heavy (non-hydrogen) atoms. The third kappa shape index (κ3) is 4.05. The number of aryl methyl sites for hydroxylation is 3. The van der Waals surface area contributed by atoms with Crippen molar-refractivity contribution in [2.45, 2.75) is 13.3 Å². The van der Waals surface area contributed by atoms with Gasteiger partial charge in [-0.25, -0.2) is 4.57 Å². The number of para-hydroxylation sites is 2. The van der Waals surface area contributed by atoms with Gasteiger partial charge in [0.25, 0.3) is 0 Å². The second-order valence-electron chi connectivity index (χ2n) is 5.80. The van der Waals surface area contributed by atoms with Crippen LogP contribution in [0.5, 0.6) is 0 Å². The molecule has 7 nitrogen and oxygen atoms in total. The fourth-order valence-electron chi connectivity index (χ4n) is 2.55. The van der Waals surface area contributed by atoms with Crippen LogP contribution in [0.1, 0.15) is 13.3 Å². The lowest BCUT2D eigenvalue weighted by atomic mass is 10.3. The number of aromatic nitrogens is 3. The number of nitrogens with zero attached hydrogens (tertiary/aromatic N) is 7. The summed E-state index contributed by atoms with van der Waals surface area (Å²) in [6, 6.07) is 12.0. The van der Waals surface area contributed by atoms with Crippen molar-refractivity contribution in [3.8, 4) is 0 Å². The Morgan fingerprint density at radius 2 is 1.58 bits per heavy atom. The molecule has 0 N–H and O–H groups in total. The van der Waals surface area contributed by atoms with Gasteiger partial charge < -0.3 is 21.5 Å². The topological polar surface area (TPSA) is 63.2 Å². The van der Waals surface area contributed by atoms with E-state index in [9.17, 15) is 0 Å². The molecule has 136 valence electrons. The van der Waals surface area contributed by atoms with Crippen LogP contribution in [0.3, 0.4) is 0 Å². The number of pyridine rings is 1. The van der Waals surface area contributed by atoms with Crippen LogP contribution >= 0.6 is 0 Å². The summed E-state index contributed by atoms with van der Waals surface area (Å²) in [5.74, 6) is 0.582. The van der Waals surface area contributed by atoms with Crippen molar-refractivity contribution in [2.75, 3.05) is 0 Å². The van der Waals surface area contributed by atoms with Crippen molar-refractivity contribution in [3.05, 3.63) is 54.4 Å². The lowest BCUT2D eigenvalue weighted by Gasteiger charge is -1.95. The summed E-state index contributed by atoms with van der Waals surface area (Å²) in [4.78, 5) is 0. The summed E-state index contributed by atoms with van der Waals surface area (Å²) in [6.07, 6.45) is 4.51. The number of benzene rings is 1. The molecule has 0 saturated heterocycles. The van der Waals surface area contributed by atoms with Gasteiger partial charge in [0.1, 0.15) is 7.05 Å². The fourth-order valence-corrected chi connectivity index (χ4v) is 2.55. The van der Waals surface area contributed by atoms with Crippen LogP contribution in [0.4, 0.5) is 5.69 Å². The molecule has 3 aromatic rings. The summed E-state index contributed by atoms with van der Waals surface area (Å²) in [5.41, 5.74) is 3.76. The summed E-state index contributed by atoms with van der Waals surface area (Å²) in [5, 5.41) is 17.1. The molecular weight excluding hydrogens is 350 g/mol. The van der Waals surface area contributed by atoms with E-state index in [0.29, 0.717) is 12.3 Å². The second-order valence-corrected chi connectivity index (χ2v) is 5.80. The first-order chi connectivity index (χ1) is 12.1. The predicted octanol–water partition coefficient (Wildman–Crippen LogP) is -0.247. The first-order valence-corrected chi connectivity index (χ1v) is 8.18. The molecule has 2 aromatic heterocycles. The van der Waals surface area contributed by atoms with Gasteiger partial charge in [-0.2, -0.15) is 0 Å². The zero-order chi connectivity index (χ0) is 17.8. The predicted molar refractivity (Wildman–Crippen MR) is 97.3 cm³/mol. The highest BCUT2D eigenvalue weighted by Gasteiger charge is 2.05. The summed E-state index contributed by atoms with van der Waals surface area (Å²) >= 11 is 0. The van der Waals surface area contributed by atoms with Gasteiger partial charge in [-0.1, -0.05) is 19.1 Å². The molecule has 1 aromatic carbocycles. The lowest BCUT2D eigenvalue weighted by Crippen LogP contribution is -3.00. The molecule has 0 aliphatic carbocycles. The van der Waals surface area contributed by atoms with Crippen LogP contribution in [0.25, 0.3) is 11.0 Å². The van der Waals surface area contributed by atoms with Crippen molar-refractivity contribution in [1.82, 2.24) is 9.13 Å². The van der Waals surface area contributed by atoms with Gasteiger partial charge in [0.05, 0.1) is 16.7 Å². The van der Waals surface area contributed by atoms with Gasteiger partial charge in [-0.05, 0) is 12.1 Å². The van der Waals surface area contributed by atoms with Gasteiger partial charge in [-0.3, -0.25) is 0 Å². The molecule has 0 unspecified atom stereocenters. The first-order valence-electron chi connectivity index (χ1n) is 8.18. The largest absolute Gasteiger partial charge is 1.00 e. The van der Waals surface area contributed by atoms with E-state index >= 15 is 0 Å². The monoisotopic (exact) mass is 371 g/mol. The Kier molecular flexibility index (Phi) is 6.41. The molecule has 2 heterocycles. The van der Waals surface area contributed by atoms with Crippen LogP contribution in [-0.4, -0.2) is 15.0 Å². The number of hydrogen-bond acceptors (Lipinski definition) is 3. The van der Waals surface area contributed by atoms with E-state index in [2.05, 4.69) is 32.6 Å². The smallest absolute Gasteiger partial charge is 0.230 e. The van der Waals surface area contributed by atoms with Crippen molar-refractivity contribution in [1.29, 1.82) is 0 Å². The molecule has 0 spiro atoms. The second kappa shape index (κ2) is 8.53. The Bertz CT molecular complexity index is 968. The SMILES string of the molecule is CC/C(N=Nc1cc[n+](C)cc1)=N/N=c1n(C)c2ccccc2n1C.[Cl-]. The molecule has 0 aliphatic heterocycles. The van der Waals surface area contributed by atoms with Gasteiger partial charge in [-0.15, -0.1) is 20.4 Å². The third-order valence-electron chi connectivity index (χ3n) is 4.02. The quantitative estimate of drug-likeness (QED) is 0.200. The van der Waals surface area contributed by atoms with Gasteiger partial charge >= 0.3 is 0 Å². The molecule has 8 heteroatoms. The van der Waals surface area contributed by atoms with E-state index in [4.69, 9.17) is 0 Å². The molecule has 0 bridgehead atoms. The van der Waals surface area contributed by atoms with Gasteiger partial charge in [0, 0.05) is 32.6 Å². The molecule has 0 atom stereocenters. The minimum absolute atomic E-state index is 0. The van der Waals surface area contributed by atoms with Crippen LogP contribution in [-0.2, 0) is 21.1 Å². The summed E-state index contributed by atoms with van der Waals surface area (Å²) < 4.78 is 5.98. The van der Waals surface area contributed by atoms with E-state index in [1.807, 2.05) is 78.4 Å². The third-order valence-corrected chi connectivity index (χ3v) is 4.02. The number of hydrogen-bond donors (Lipinski definition) is 0. The van der Waals surface area contributed by atoms with E-state index in [0.717, 1.165) is 22.3 Å². The molecule has 0 aliphatic rings. The zero-order valence-electron chi connectivity index (χ0n) is 15.3. The van der Waals surface area contributed by atoms with E-state index < -0.39 is 0 Å². The lowest BCUT2D eigenvalue weighted by molar-refractivity contribution is -0.671. The number of fused-ring (bicyclic) bond motifs is 1. The van der Waals surface area contributed by atoms with Crippen LogP contribution in [0.15, 0.2) is 69.2 Å². The summed E-state index contributed by atoms with van der Waals surface area (Å²) in [6.45, 7) is 1.99. The normalized spacial score (nSPS) is 11.8. The van der Waals surface area contributed by atoms with Gasteiger partial charge in [0.2, 0.25) is 5.62 Å². The van der Waals surface area contributed by atoms with Gasteiger partial charge in [0.15, 0.2) is 18.2 Å². The number of halogens is 1. The van der Waals surface area contributed by atoms with E-state index in [-0.39, 0.29) is 12.4 Å². The molecule has 0 fully saturated rings. The molecular formula is C18H22ClN7. The van der Waals surface area contributed by atoms with Crippen molar-refractivity contribution in [2.24, 2.45) is 41.6 Å². The van der Waals surface area contributed by atoms with Crippen molar-refractivity contribution >= 4 is 22.6 Å². The maximum absolute atomic E-state index is 4.40. The fraction of sp³-hybridized carbons (Fsp3) is 0.278. The highest BCUT2D eigenvalue weighted by molar-refractivity contribution is 5.82. The van der Waals surface area contributed by atoms with Crippen molar-refractivity contribution < 1.29 is 17.0 Å². The molecule has 0 radical (unpaired) electrons. The molecule has 0 saturated carbocycles. The Hall–Kier alpha value is -2.80. The Morgan fingerprint density at radius 3 is 2.12 bits per heavy atom. The molecule has 3 rings (SSSR count). The first kappa shape index (κ1) is 19.5. The number of amidine groups is 1. The van der Waals surface area contributed by atoms with E-state index in [1.165, 1.54) is 0 Å². The Balaban J connectivity index is 0.00000243. The minimum atomic E-state index is 0. The number of imidazole rings is 1. The number of rotatable bonds is 3. The highest BCUT2D eigenvalue weighted by atomic mass is 35.5. The van der Waals surface area contributed by atoms with Crippen molar-refractivity contribution in [3.63, 3.8) is 0 Å². The average Bonchev–Trinajstić information content (AvgIpc) is 2.88. The zero-order valence-corrected chi connectivity index (χ0v) is 16.1. The van der Waals surface area contributed by atoms with Crippen LogP contribution in [0.2, 0.25) is 0 Å². The highest BCUT2D eigenvalue weighted by Crippen LogP contribution is 2.10. The maximum atomic E-state index is 4.40. The Morgan fingerprint density at radius 1 is 1.00 bits per heavy atom. The summed E-state index contributed by atoms with van der Waals surface area (Å²) in [7, 11) is 5.92. The van der Waals surface area contributed by atoms with Crippen LogP contribution in [0, 0.1) is 0 Å². The Labute approximate surface area is 158 Å². The van der Waals surface area contributed by atoms with E-state index in [1.54, 1.807) is 0 Å². The average molecular weight is 372 g/mol. The van der Waals surface area contributed by atoms with Crippen LogP contribution < -0.4 is 22.6 Å².